The predicted molar refractivity (Wildman–Crippen MR) is 1.37 cm³/mol. The third-order valence-corrected chi connectivity index (χ3v) is 0. The number of rotatable bonds is 0. The van der Waals surface area contributed by atoms with Crippen LogP contribution in [0.25, 0.3) is 0 Å². The SMILES string of the molecule is [Mn].[Nb].[O-2].[O-2].[Ti+4]. The molecule has 0 aliphatic heterocycles. The van der Waals surface area contributed by atoms with Crippen molar-refractivity contribution >= 4 is 0 Å². The van der Waals surface area contributed by atoms with Gasteiger partial charge < -0.3 is 11.0 Å². The van der Waals surface area contributed by atoms with E-state index < -0.39 is 0 Å². The maximum Gasteiger partial charge on any atom is 4.00 e. The molecule has 0 saturated carbocycles. The zero-order valence-corrected chi connectivity index (χ0v) is 7.08. The summed E-state index contributed by atoms with van der Waals surface area (Å²) in [7, 11) is 0. The second kappa shape index (κ2) is 39.4. The molecule has 0 aliphatic rings. The van der Waals surface area contributed by atoms with Crippen molar-refractivity contribution in [2.45, 2.75) is 0 Å². The van der Waals surface area contributed by atoms with E-state index in [9.17, 15) is 0 Å². The van der Waals surface area contributed by atoms with Gasteiger partial charge in [-0.2, -0.15) is 0 Å². The van der Waals surface area contributed by atoms with E-state index >= 15 is 0 Å². The second-order valence-corrected chi connectivity index (χ2v) is 0. The van der Waals surface area contributed by atoms with E-state index in [2.05, 4.69) is 0 Å². The van der Waals surface area contributed by atoms with Crippen molar-refractivity contribution in [2.75, 3.05) is 0 Å². The first-order valence-electron chi connectivity index (χ1n) is 0. The monoisotopic (exact) mass is 228 g/mol. The molecule has 0 aromatic rings. The maximum absolute atomic E-state index is 0. The van der Waals surface area contributed by atoms with Crippen LogP contribution in [0.3, 0.4) is 0 Å². The van der Waals surface area contributed by atoms with Crippen molar-refractivity contribution in [2.24, 2.45) is 0 Å². The maximum atomic E-state index is 0. The first-order chi connectivity index (χ1) is 0. The van der Waals surface area contributed by atoms with E-state index in [4.69, 9.17) is 0 Å². The molecule has 28 valence electrons. The molecule has 0 bridgehead atoms. The van der Waals surface area contributed by atoms with Crippen LogP contribution in [-0.4, -0.2) is 0 Å². The molecule has 5 heavy (non-hydrogen) atoms. The van der Waals surface area contributed by atoms with Crippen LogP contribution in [0, 0.1) is 0 Å². The Bertz CT molecular complexity index is 9.61. The van der Waals surface area contributed by atoms with Crippen molar-refractivity contribution in [3.63, 3.8) is 0 Å². The minimum Gasteiger partial charge on any atom is -2.00 e. The van der Waals surface area contributed by atoms with E-state index in [0.29, 0.717) is 0 Å². The summed E-state index contributed by atoms with van der Waals surface area (Å²) in [5.41, 5.74) is 0. The molecule has 0 rings (SSSR count). The molecule has 2 nitrogen and oxygen atoms in total. The van der Waals surface area contributed by atoms with Crippen molar-refractivity contribution < 1.29 is 72.1 Å². The van der Waals surface area contributed by atoms with Gasteiger partial charge in [0.15, 0.2) is 0 Å². The van der Waals surface area contributed by atoms with E-state index in [1.165, 1.54) is 0 Å². The zero-order chi connectivity index (χ0) is 0. The molecule has 0 fully saturated rings. The predicted octanol–water partition coefficient (Wildman–Crippen LogP) is -0.245. The quantitative estimate of drug-likeness (QED) is 0.513. The van der Waals surface area contributed by atoms with E-state index in [-0.39, 0.29) is 72.1 Å². The summed E-state index contributed by atoms with van der Waals surface area (Å²) >= 11 is 0. The largest absolute Gasteiger partial charge is 4.00 e. The molecule has 0 atom stereocenters. The Labute approximate surface area is 71.6 Å². The molecule has 0 heterocycles. The molecule has 5 heteroatoms. The van der Waals surface area contributed by atoms with Gasteiger partial charge in [0.1, 0.15) is 0 Å². The standard InChI is InChI=1S/Mn.Nb.2O.Ti/q;;2*-2;+4. The topological polar surface area (TPSA) is 57.0 Å². The van der Waals surface area contributed by atoms with Gasteiger partial charge in [0.25, 0.3) is 0 Å². The van der Waals surface area contributed by atoms with Gasteiger partial charge >= 0.3 is 21.7 Å². The summed E-state index contributed by atoms with van der Waals surface area (Å²) in [6.45, 7) is 0. The molecular formula is MnNbO2Ti. The molecule has 0 aromatic carbocycles. The Kier molecular flexibility index (Phi) is 525. The van der Waals surface area contributed by atoms with Gasteiger partial charge in [-0.1, -0.05) is 0 Å². The molecule has 0 aromatic heterocycles. The second-order valence-electron chi connectivity index (χ2n) is 0. The Hall–Kier alpha value is 1.89. The van der Waals surface area contributed by atoms with Crippen LogP contribution in [0.1, 0.15) is 0 Å². The zero-order valence-electron chi connectivity index (χ0n) is 2.14. The smallest absolute Gasteiger partial charge is 2.00 e. The van der Waals surface area contributed by atoms with Gasteiger partial charge in [-0.25, -0.2) is 0 Å². The minimum absolute atomic E-state index is 0. The van der Waals surface area contributed by atoms with Crippen molar-refractivity contribution in [1.82, 2.24) is 0 Å². The van der Waals surface area contributed by atoms with Gasteiger partial charge in [-0.05, 0) is 0 Å². The fourth-order valence-corrected chi connectivity index (χ4v) is 0. The molecule has 2 radical (unpaired) electrons. The summed E-state index contributed by atoms with van der Waals surface area (Å²) < 4.78 is 0. The van der Waals surface area contributed by atoms with Gasteiger partial charge in [0.05, 0.1) is 0 Å². The number of hydrogen-bond acceptors (Lipinski definition) is 0. The molecule has 0 aliphatic carbocycles. The third-order valence-electron chi connectivity index (χ3n) is 0. The van der Waals surface area contributed by atoms with Crippen LogP contribution in [0.2, 0.25) is 0 Å². The first-order valence-corrected chi connectivity index (χ1v) is 0. The molecule has 0 unspecified atom stereocenters. The van der Waals surface area contributed by atoms with Crippen LogP contribution in [-0.2, 0) is 72.1 Å². The van der Waals surface area contributed by atoms with Gasteiger partial charge in [0, 0.05) is 39.4 Å². The van der Waals surface area contributed by atoms with E-state index in [1.54, 1.807) is 0 Å². The van der Waals surface area contributed by atoms with Gasteiger partial charge in [0.2, 0.25) is 0 Å². The first kappa shape index (κ1) is 66.8. The molecular weight excluding hydrogens is 228 g/mol. The van der Waals surface area contributed by atoms with Crippen LogP contribution in [0.4, 0.5) is 0 Å². The average molecular weight is 228 g/mol. The average Bonchev–Trinajstić information content (AvgIpc) is 0. The fraction of sp³-hybridized carbons (Fsp3) is 0. The van der Waals surface area contributed by atoms with Gasteiger partial charge in [-0.3, -0.25) is 0 Å². The van der Waals surface area contributed by atoms with Gasteiger partial charge in [-0.15, -0.1) is 0 Å². The summed E-state index contributed by atoms with van der Waals surface area (Å²) in [6, 6.07) is 0. The van der Waals surface area contributed by atoms with Crippen LogP contribution in [0.5, 0.6) is 0 Å². The third kappa shape index (κ3) is 24.9. The minimum atomic E-state index is 0. The van der Waals surface area contributed by atoms with Crippen molar-refractivity contribution in [3.8, 4) is 0 Å². The van der Waals surface area contributed by atoms with E-state index in [0.717, 1.165) is 0 Å². The summed E-state index contributed by atoms with van der Waals surface area (Å²) in [5, 5.41) is 0. The van der Waals surface area contributed by atoms with Crippen LogP contribution >= 0.6 is 0 Å². The van der Waals surface area contributed by atoms with Crippen molar-refractivity contribution in [3.05, 3.63) is 0 Å². The number of hydrogen-bond donors (Lipinski definition) is 0. The Morgan fingerprint density at radius 1 is 0.800 bits per heavy atom. The summed E-state index contributed by atoms with van der Waals surface area (Å²) in [4.78, 5) is 0. The summed E-state index contributed by atoms with van der Waals surface area (Å²) in [5.74, 6) is 0. The van der Waals surface area contributed by atoms with E-state index in [1.807, 2.05) is 0 Å². The Morgan fingerprint density at radius 3 is 0.800 bits per heavy atom. The normalized spacial score (nSPS) is 0. The Balaban J connectivity index is 0. The fourth-order valence-electron chi connectivity index (χ4n) is 0. The summed E-state index contributed by atoms with van der Waals surface area (Å²) in [6.07, 6.45) is 0. The molecule has 0 N–H and O–H groups in total. The van der Waals surface area contributed by atoms with Crippen molar-refractivity contribution in [1.29, 1.82) is 0 Å². The van der Waals surface area contributed by atoms with Crippen LogP contribution in [0.15, 0.2) is 0 Å². The molecule has 0 spiro atoms. The molecule has 0 saturated heterocycles. The molecule has 0 amide bonds. The van der Waals surface area contributed by atoms with Crippen LogP contribution < -0.4 is 0 Å². The Morgan fingerprint density at radius 2 is 0.800 bits per heavy atom.